The van der Waals surface area contributed by atoms with Crippen LogP contribution in [-0.4, -0.2) is 24.1 Å². The molecule has 3 aromatic rings. The molecule has 0 unspecified atom stereocenters. The Morgan fingerprint density at radius 2 is 1.60 bits per heavy atom. The summed E-state index contributed by atoms with van der Waals surface area (Å²) in [5.41, 5.74) is 3.15. The van der Waals surface area contributed by atoms with E-state index in [2.05, 4.69) is 31.1 Å². The predicted molar refractivity (Wildman–Crippen MR) is 123 cm³/mol. The lowest BCUT2D eigenvalue weighted by Crippen LogP contribution is -2.20. The summed E-state index contributed by atoms with van der Waals surface area (Å²) in [5.74, 6) is 1.26. The van der Waals surface area contributed by atoms with Gasteiger partial charge < -0.3 is 9.47 Å². The average Bonchev–Trinajstić information content (AvgIpc) is 3.07. The second-order valence-corrected chi connectivity index (χ2v) is 9.20. The van der Waals surface area contributed by atoms with E-state index in [1.807, 2.05) is 62.4 Å². The molecule has 30 heavy (non-hydrogen) atoms. The first-order valence-electron chi connectivity index (χ1n) is 10.00. The van der Waals surface area contributed by atoms with E-state index in [0.717, 1.165) is 21.9 Å². The van der Waals surface area contributed by atoms with Crippen molar-refractivity contribution in [1.29, 1.82) is 0 Å². The lowest BCUT2D eigenvalue weighted by molar-refractivity contribution is -0.118. The number of amides is 1. The number of carbonyl (C=O) groups excluding carboxylic acids is 1. The summed E-state index contributed by atoms with van der Waals surface area (Å²) >= 11 is 1.45. The number of ether oxygens (including phenoxy) is 2. The molecule has 1 heterocycles. The molecule has 3 rings (SSSR count). The Bertz CT molecular complexity index is 987. The van der Waals surface area contributed by atoms with Gasteiger partial charge in [0.2, 0.25) is 0 Å². The van der Waals surface area contributed by atoms with Crippen molar-refractivity contribution >= 4 is 22.4 Å². The van der Waals surface area contributed by atoms with Gasteiger partial charge in [-0.15, -0.1) is 11.3 Å². The van der Waals surface area contributed by atoms with E-state index in [-0.39, 0.29) is 17.9 Å². The minimum Gasteiger partial charge on any atom is -0.494 e. The van der Waals surface area contributed by atoms with Crippen molar-refractivity contribution in [3.8, 4) is 22.8 Å². The number of carbonyl (C=O) groups is 1. The zero-order chi connectivity index (χ0) is 21.7. The smallest absolute Gasteiger partial charge is 0.264 e. The van der Waals surface area contributed by atoms with Crippen LogP contribution in [0.2, 0.25) is 0 Å². The van der Waals surface area contributed by atoms with Crippen LogP contribution >= 0.6 is 11.3 Å². The molecule has 0 aliphatic carbocycles. The molecule has 0 fully saturated rings. The molecule has 1 amide bonds. The lowest BCUT2D eigenvalue weighted by atomic mass is 9.87. The van der Waals surface area contributed by atoms with Gasteiger partial charge in [0.05, 0.1) is 12.3 Å². The van der Waals surface area contributed by atoms with E-state index in [4.69, 9.17) is 9.47 Å². The molecule has 158 valence electrons. The fourth-order valence-electron chi connectivity index (χ4n) is 2.95. The number of rotatable bonds is 7. The van der Waals surface area contributed by atoms with Crippen LogP contribution in [0.1, 0.15) is 38.1 Å². The number of nitrogens with zero attached hydrogens (tertiary/aromatic N) is 1. The van der Waals surface area contributed by atoms with Gasteiger partial charge in [-0.2, -0.15) is 0 Å². The normalized spacial score (nSPS) is 11.2. The summed E-state index contributed by atoms with van der Waals surface area (Å²) in [6, 6.07) is 15.6. The first kappa shape index (κ1) is 21.8. The van der Waals surface area contributed by atoms with Crippen molar-refractivity contribution in [3.63, 3.8) is 0 Å². The molecular formula is C24H28N2O3S. The summed E-state index contributed by atoms with van der Waals surface area (Å²) in [6.07, 6.45) is 0. The van der Waals surface area contributed by atoms with Gasteiger partial charge in [-0.05, 0) is 61.2 Å². The number of anilines is 1. The van der Waals surface area contributed by atoms with Gasteiger partial charge in [0.25, 0.3) is 5.91 Å². The molecule has 0 radical (unpaired) electrons. The summed E-state index contributed by atoms with van der Waals surface area (Å²) in [5, 5.41) is 3.39. The van der Waals surface area contributed by atoms with E-state index < -0.39 is 0 Å². The van der Waals surface area contributed by atoms with Gasteiger partial charge in [-0.1, -0.05) is 32.9 Å². The highest BCUT2D eigenvalue weighted by molar-refractivity contribution is 7.16. The molecule has 0 aliphatic heterocycles. The molecule has 0 atom stereocenters. The Kier molecular flexibility index (Phi) is 6.77. The van der Waals surface area contributed by atoms with E-state index >= 15 is 0 Å². The molecule has 0 saturated heterocycles. The number of aryl methyl sites for hydroxylation is 1. The van der Waals surface area contributed by atoms with E-state index in [1.54, 1.807) is 0 Å². The Morgan fingerprint density at radius 1 is 1.00 bits per heavy atom. The van der Waals surface area contributed by atoms with Crippen LogP contribution in [0.3, 0.4) is 0 Å². The third-order valence-corrected chi connectivity index (χ3v) is 5.46. The molecule has 1 aromatic heterocycles. The molecule has 0 aliphatic rings. The second kappa shape index (κ2) is 9.30. The highest BCUT2D eigenvalue weighted by Gasteiger charge is 2.14. The SMILES string of the molecule is CCOc1ccc(-c2nc(NC(=O)COc3ccc(C(C)(C)C)cc3)sc2C)cc1. The van der Waals surface area contributed by atoms with Crippen LogP contribution in [0.15, 0.2) is 48.5 Å². The first-order chi connectivity index (χ1) is 14.3. The van der Waals surface area contributed by atoms with Crippen molar-refractivity contribution < 1.29 is 14.3 Å². The minimum absolute atomic E-state index is 0.0636. The number of nitrogens with one attached hydrogen (secondary N) is 1. The van der Waals surface area contributed by atoms with Gasteiger partial charge in [-0.3, -0.25) is 10.1 Å². The number of hydrogen-bond acceptors (Lipinski definition) is 5. The topological polar surface area (TPSA) is 60.5 Å². The van der Waals surface area contributed by atoms with Gasteiger partial charge in [0.1, 0.15) is 11.5 Å². The van der Waals surface area contributed by atoms with E-state index in [9.17, 15) is 4.79 Å². The Balaban J connectivity index is 1.59. The highest BCUT2D eigenvalue weighted by Crippen LogP contribution is 2.31. The zero-order valence-electron chi connectivity index (χ0n) is 18.1. The van der Waals surface area contributed by atoms with Gasteiger partial charge in [0, 0.05) is 10.4 Å². The molecule has 6 heteroatoms. The number of thiazole rings is 1. The number of aromatic nitrogens is 1. The maximum Gasteiger partial charge on any atom is 0.264 e. The lowest BCUT2D eigenvalue weighted by Gasteiger charge is -2.19. The Labute approximate surface area is 182 Å². The van der Waals surface area contributed by atoms with Gasteiger partial charge in [0.15, 0.2) is 11.7 Å². The maximum atomic E-state index is 12.3. The van der Waals surface area contributed by atoms with Gasteiger partial charge in [-0.25, -0.2) is 4.98 Å². The third-order valence-electron chi connectivity index (χ3n) is 4.57. The van der Waals surface area contributed by atoms with Crippen molar-refractivity contribution in [2.45, 2.75) is 40.0 Å². The largest absolute Gasteiger partial charge is 0.494 e. The molecule has 1 N–H and O–H groups in total. The average molecular weight is 425 g/mol. The molecule has 2 aromatic carbocycles. The fraction of sp³-hybridized carbons (Fsp3) is 0.333. The summed E-state index contributed by atoms with van der Waals surface area (Å²) in [6.45, 7) is 11.0. The van der Waals surface area contributed by atoms with Crippen molar-refractivity contribution in [2.24, 2.45) is 0 Å². The second-order valence-electron chi connectivity index (χ2n) is 7.99. The van der Waals surface area contributed by atoms with Crippen molar-refractivity contribution in [2.75, 3.05) is 18.5 Å². The Hall–Kier alpha value is -2.86. The van der Waals surface area contributed by atoms with E-state index in [0.29, 0.717) is 17.5 Å². The molecule has 0 bridgehead atoms. The van der Waals surface area contributed by atoms with Crippen LogP contribution in [0.4, 0.5) is 5.13 Å². The standard InChI is InChI=1S/C24H28N2O3S/c1-6-28-19-11-7-17(8-12-19)22-16(2)30-23(26-22)25-21(27)15-29-20-13-9-18(10-14-20)24(3,4)5/h7-14H,6,15H2,1-5H3,(H,25,26,27). The summed E-state index contributed by atoms with van der Waals surface area (Å²) in [7, 11) is 0. The molecule has 0 spiro atoms. The number of benzene rings is 2. The third kappa shape index (κ3) is 5.60. The highest BCUT2D eigenvalue weighted by atomic mass is 32.1. The monoisotopic (exact) mass is 424 g/mol. The quantitative estimate of drug-likeness (QED) is 0.518. The van der Waals surface area contributed by atoms with Crippen molar-refractivity contribution in [3.05, 3.63) is 59.0 Å². The summed E-state index contributed by atoms with van der Waals surface area (Å²) < 4.78 is 11.1. The van der Waals surface area contributed by atoms with Crippen LogP contribution in [0, 0.1) is 6.92 Å². The van der Waals surface area contributed by atoms with Crippen LogP contribution < -0.4 is 14.8 Å². The first-order valence-corrected chi connectivity index (χ1v) is 10.8. The molecule has 0 saturated carbocycles. The Morgan fingerprint density at radius 3 is 2.20 bits per heavy atom. The number of hydrogen-bond donors (Lipinski definition) is 1. The van der Waals surface area contributed by atoms with Gasteiger partial charge >= 0.3 is 0 Å². The molecule has 5 nitrogen and oxygen atoms in total. The fourth-order valence-corrected chi connectivity index (χ4v) is 3.80. The van der Waals surface area contributed by atoms with Crippen molar-refractivity contribution in [1.82, 2.24) is 4.98 Å². The van der Waals surface area contributed by atoms with Crippen LogP contribution in [-0.2, 0) is 10.2 Å². The van der Waals surface area contributed by atoms with Crippen LogP contribution in [0.25, 0.3) is 11.3 Å². The van der Waals surface area contributed by atoms with Crippen LogP contribution in [0.5, 0.6) is 11.5 Å². The zero-order valence-corrected chi connectivity index (χ0v) is 18.9. The maximum absolute atomic E-state index is 12.3. The predicted octanol–water partition coefficient (Wildman–Crippen LogP) is 5.83. The molecular weight excluding hydrogens is 396 g/mol. The minimum atomic E-state index is -0.234. The summed E-state index contributed by atoms with van der Waals surface area (Å²) in [4.78, 5) is 17.9. The van der Waals surface area contributed by atoms with E-state index in [1.165, 1.54) is 16.9 Å².